The molecule has 21 heavy (non-hydrogen) atoms. The van der Waals surface area contributed by atoms with Gasteiger partial charge in [-0.2, -0.15) is 0 Å². The van der Waals surface area contributed by atoms with E-state index in [-0.39, 0.29) is 0 Å². The van der Waals surface area contributed by atoms with E-state index in [4.69, 9.17) is 0 Å². The maximum absolute atomic E-state index is 4.15. The molecule has 1 aliphatic carbocycles. The van der Waals surface area contributed by atoms with E-state index in [9.17, 15) is 0 Å². The van der Waals surface area contributed by atoms with E-state index in [1.54, 1.807) is 0 Å². The van der Waals surface area contributed by atoms with Gasteiger partial charge in [0.25, 0.3) is 0 Å². The Morgan fingerprint density at radius 3 is 2.71 bits per heavy atom. The monoisotopic (exact) mass is 287 g/mol. The molecule has 1 saturated heterocycles. The van der Waals surface area contributed by atoms with Gasteiger partial charge in [-0.05, 0) is 49.3 Å². The van der Waals surface area contributed by atoms with Crippen molar-refractivity contribution in [3.63, 3.8) is 0 Å². The molecule has 2 fully saturated rings. The lowest BCUT2D eigenvalue weighted by atomic mass is 9.86. The van der Waals surface area contributed by atoms with E-state index < -0.39 is 0 Å². The largest absolute Gasteiger partial charge is 0.311 e. The number of piperazine rings is 1. The molecule has 2 aliphatic rings. The Morgan fingerprint density at radius 2 is 2.10 bits per heavy atom. The highest BCUT2D eigenvalue weighted by molar-refractivity contribution is 5.13. The standard InChI is InChI=1S/C18H29N3/c1-4-14(2)17-12-21(11-15-7-9-19-10-8-15)18(3,13-20-17)16-5-6-16/h7-10,14,16-17,20H,4-6,11-13H2,1-3H3. The molecule has 0 radical (unpaired) electrons. The maximum atomic E-state index is 4.15. The first-order valence-corrected chi connectivity index (χ1v) is 8.51. The first kappa shape index (κ1) is 15.0. The molecule has 1 saturated carbocycles. The van der Waals surface area contributed by atoms with Crippen LogP contribution < -0.4 is 5.32 Å². The molecule has 0 bridgehead atoms. The lowest BCUT2D eigenvalue weighted by Crippen LogP contribution is -2.65. The fourth-order valence-electron chi connectivity index (χ4n) is 3.69. The summed E-state index contributed by atoms with van der Waals surface area (Å²) < 4.78 is 0. The number of aromatic nitrogens is 1. The van der Waals surface area contributed by atoms with Crippen LogP contribution in [0.3, 0.4) is 0 Å². The smallest absolute Gasteiger partial charge is 0.0338 e. The molecule has 2 heterocycles. The van der Waals surface area contributed by atoms with Gasteiger partial charge in [0.05, 0.1) is 0 Å². The van der Waals surface area contributed by atoms with Crippen molar-refractivity contribution >= 4 is 0 Å². The van der Waals surface area contributed by atoms with Crippen LogP contribution in [-0.4, -0.2) is 34.6 Å². The molecule has 3 atom stereocenters. The van der Waals surface area contributed by atoms with Gasteiger partial charge in [0.15, 0.2) is 0 Å². The quantitative estimate of drug-likeness (QED) is 0.902. The highest BCUT2D eigenvalue weighted by Gasteiger charge is 2.48. The number of rotatable bonds is 5. The molecule has 3 heteroatoms. The molecule has 3 rings (SSSR count). The van der Waals surface area contributed by atoms with Crippen molar-refractivity contribution < 1.29 is 0 Å². The first-order chi connectivity index (χ1) is 10.1. The first-order valence-electron chi connectivity index (χ1n) is 8.51. The average molecular weight is 287 g/mol. The Labute approximate surface area is 129 Å². The van der Waals surface area contributed by atoms with Crippen LogP contribution in [0.2, 0.25) is 0 Å². The van der Waals surface area contributed by atoms with Crippen LogP contribution in [0.15, 0.2) is 24.5 Å². The summed E-state index contributed by atoms with van der Waals surface area (Å²) in [6, 6.07) is 4.95. The summed E-state index contributed by atoms with van der Waals surface area (Å²) in [5.41, 5.74) is 1.72. The van der Waals surface area contributed by atoms with Crippen LogP contribution in [0.25, 0.3) is 0 Å². The minimum atomic E-state index is 0.327. The van der Waals surface area contributed by atoms with Gasteiger partial charge in [-0.25, -0.2) is 0 Å². The average Bonchev–Trinajstić information content (AvgIpc) is 3.35. The normalized spacial score (nSPS) is 32.0. The Kier molecular flexibility index (Phi) is 4.32. The third-order valence-corrected chi connectivity index (χ3v) is 5.77. The predicted octanol–water partition coefficient (Wildman–Crippen LogP) is 3.07. The van der Waals surface area contributed by atoms with Crippen LogP contribution in [0.4, 0.5) is 0 Å². The topological polar surface area (TPSA) is 28.2 Å². The predicted molar refractivity (Wildman–Crippen MR) is 87.0 cm³/mol. The van der Waals surface area contributed by atoms with E-state index >= 15 is 0 Å². The van der Waals surface area contributed by atoms with Crippen molar-refractivity contribution in [3.8, 4) is 0 Å². The molecular formula is C18H29N3. The number of pyridine rings is 1. The van der Waals surface area contributed by atoms with Crippen molar-refractivity contribution in [2.45, 2.75) is 58.2 Å². The Balaban J connectivity index is 1.76. The highest BCUT2D eigenvalue weighted by atomic mass is 15.3. The SMILES string of the molecule is CCC(C)C1CN(Cc2ccncc2)C(C)(C2CC2)CN1. The second-order valence-electron chi connectivity index (χ2n) is 7.24. The van der Waals surface area contributed by atoms with Crippen LogP contribution in [-0.2, 0) is 6.54 Å². The molecule has 1 N–H and O–H groups in total. The van der Waals surface area contributed by atoms with Gasteiger partial charge in [-0.3, -0.25) is 9.88 Å². The Morgan fingerprint density at radius 1 is 1.38 bits per heavy atom. The van der Waals surface area contributed by atoms with Crippen molar-refractivity contribution in [2.75, 3.05) is 13.1 Å². The molecule has 0 spiro atoms. The fraction of sp³-hybridized carbons (Fsp3) is 0.722. The second-order valence-corrected chi connectivity index (χ2v) is 7.24. The van der Waals surface area contributed by atoms with Crippen LogP contribution >= 0.6 is 0 Å². The summed E-state index contributed by atoms with van der Waals surface area (Å²) in [6.07, 6.45) is 7.88. The summed E-state index contributed by atoms with van der Waals surface area (Å²) >= 11 is 0. The van der Waals surface area contributed by atoms with Gasteiger partial charge in [-0.1, -0.05) is 20.3 Å². The van der Waals surface area contributed by atoms with Gasteiger partial charge in [0.1, 0.15) is 0 Å². The van der Waals surface area contributed by atoms with Gasteiger partial charge < -0.3 is 5.32 Å². The van der Waals surface area contributed by atoms with E-state index in [0.717, 1.165) is 24.9 Å². The summed E-state index contributed by atoms with van der Waals surface area (Å²) in [7, 11) is 0. The number of hydrogen-bond acceptors (Lipinski definition) is 3. The van der Waals surface area contributed by atoms with Crippen LogP contribution in [0, 0.1) is 11.8 Å². The summed E-state index contributed by atoms with van der Waals surface area (Å²) in [4.78, 5) is 6.89. The van der Waals surface area contributed by atoms with Crippen molar-refractivity contribution in [2.24, 2.45) is 11.8 Å². The zero-order chi connectivity index (χ0) is 14.9. The van der Waals surface area contributed by atoms with Gasteiger partial charge >= 0.3 is 0 Å². The van der Waals surface area contributed by atoms with E-state index in [2.05, 4.69) is 48.1 Å². The third kappa shape index (κ3) is 3.14. The minimum Gasteiger partial charge on any atom is -0.311 e. The lowest BCUT2D eigenvalue weighted by molar-refractivity contribution is 0.0166. The number of hydrogen-bond donors (Lipinski definition) is 1. The molecule has 0 aromatic carbocycles. The van der Waals surface area contributed by atoms with Crippen molar-refractivity contribution in [3.05, 3.63) is 30.1 Å². The van der Waals surface area contributed by atoms with Crippen LogP contribution in [0.1, 0.15) is 45.6 Å². The fourth-order valence-corrected chi connectivity index (χ4v) is 3.69. The van der Waals surface area contributed by atoms with Crippen molar-refractivity contribution in [1.29, 1.82) is 0 Å². The van der Waals surface area contributed by atoms with Gasteiger partial charge in [0, 0.05) is 43.6 Å². The zero-order valence-electron chi connectivity index (χ0n) is 13.7. The molecule has 1 aliphatic heterocycles. The van der Waals surface area contributed by atoms with Crippen molar-refractivity contribution in [1.82, 2.24) is 15.2 Å². The molecule has 116 valence electrons. The zero-order valence-corrected chi connectivity index (χ0v) is 13.7. The van der Waals surface area contributed by atoms with E-state index in [1.807, 2.05) is 12.4 Å². The lowest BCUT2D eigenvalue weighted by Gasteiger charge is -2.50. The van der Waals surface area contributed by atoms with Crippen LogP contribution in [0.5, 0.6) is 0 Å². The minimum absolute atomic E-state index is 0.327. The molecular weight excluding hydrogens is 258 g/mol. The molecule has 0 amide bonds. The van der Waals surface area contributed by atoms with Gasteiger partial charge in [0.2, 0.25) is 0 Å². The Hall–Kier alpha value is -0.930. The highest BCUT2D eigenvalue weighted by Crippen LogP contribution is 2.44. The molecule has 1 aromatic heterocycles. The maximum Gasteiger partial charge on any atom is 0.0338 e. The third-order valence-electron chi connectivity index (χ3n) is 5.77. The molecule has 3 nitrogen and oxygen atoms in total. The van der Waals surface area contributed by atoms with E-state index in [1.165, 1.54) is 31.4 Å². The second kappa shape index (κ2) is 6.05. The van der Waals surface area contributed by atoms with Gasteiger partial charge in [-0.15, -0.1) is 0 Å². The number of nitrogens with zero attached hydrogens (tertiary/aromatic N) is 2. The van der Waals surface area contributed by atoms with E-state index in [0.29, 0.717) is 11.6 Å². The molecule has 1 aromatic rings. The summed E-state index contributed by atoms with van der Waals surface area (Å²) in [5.74, 6) is 1.62. The molecule has 3 unspecified atom stereocenters. The summed E-state index contributed by atoms with van der Waals surface area (Å²) in [5, 5.41) is 3.84. The summed E-state index contributed by atoms with van der Waals surface area (Å²) in [6.45, 7) is 10.5. The number of nitrogens with one attached hydrogen (secondary N) is 1. The Bertz CT molecular complexity index is 457.